The summed E-state index contributed by atoms with van der Waals surface area (Å²) >= 11 is 0. The molecule has 0 radical (unpaired) electrons. The fourth-order valence-corrected chi connectivity index (χ4v) is 3.01. The number of hydrogen-bond donors (Lipinski definition) is 1. The molecule has 0 unspecified atom stereocenters. The van der Waals surface area contributed by atoms with Crippen LogP contribution >= 0.6 is 0 Å². The van der Waals surface area contributed by atoms with Crippen LogP contribution in [0.4, 0.5) is 10.1 Å². The van der Waals surface area contributed by atoms with Crippen LogP contribution in [0, 0.1) is 19.7 Å². The summed E-state index contributed by atoms with van der Waals surface area (Å²) in [6.45, 7) is 7.61. The number of anilines is 1. The van der Waals surface area contributed by atoms with Gasteiger partial charge in [-0.15, -0.1) is 6.58 Å². The molecule has 0 saturated carbocycles. The fourth-order valence-electron chi connectivity index (χ4n) is 3.01. The Kier molecular flexibility index (Phi) is 4.71. The van der Waals surface area contributed by atoms with E-state index in [-0.39, 0.29) is 24.0 Å². The van der Waals surface area contributed by atoms with Gasteiger partial charge in [0, 0.05) is 12.2 Å². The Morgan fingerprint density at radius 2 is 1.77 bits per heavy atom. The third kappa shape index (κ3) is 3.16. The molecule has 0 bridgehead atoms. The van der Waals surface area contributed by atoms with Gasteiger partial charge >= 0.3 is 0 Å². The SMILES string of the molecule is C=CCN1C(=O)C(Nc2ccc(F)cc2)=C(c2ccc(C)cc2C)C1=O. The molecule has 1 aliphatic rings. The van der Waals surface area contributed by atoms with Gasteiger partial charge in [0.15, 0.2) is 0 Å². The predicted molar refractivity (Wildman–Crippen MR) is 99.8 cm³/mol. The first-order valence-electron chi connectivity index (χ1n) is 8.24. The summed E-state index contributed by atoms with van der Waals surface area (Å²) in [5.74, 6) is -1.16. The number of benzene rings is 2. The van der Waals surface area contributed by atoms with Crippen LogP contribution in [-0.2, 0) is 9.59 Å². The lowest BCUT2D eigenvalue weighted by atomic mass is 9.97. The van der Waals surface area contributed by atoms with E-state index < -0.39 is 5.91 Å². The highest BCUT2D eigenvalue weighted by atomic mass is 19.1. The first-order chi connectivity index (χ1) is 12.4. The van der Waals surface area contributed by atoms with Gasteiger partial charge in [-0.2, -0.15) is 0 Å². The molecule has 0 aromatic heterocycles. The molecule has 0 fully saturated rings. The summed E-state index contributed by atoms with van der Waals surface area (Å²) in [5.41, 5.74) is 3.71. The zero-order chi connectivity index (χ0) is 18.8. The number of amides is 2. The van der Waals surface area contributed by atoms with Gasteiger partial charge in [-0.25, -0.2) is 4.39 Å². The molecule has 3 rings (SSSR count). The van der Waals surface area contributed by atoms with E-state index in [4.69, 9.17) is 0 Å². The van der Waals surface area contributed by atoms with Crippen LogP contribution in [0.2, 0.25) is 0 Å². The van der Waals surface area contributed by atoms with Crippen molar-refractivity contribution in [2.75, 3.05) is 11.9 Å². The second-order valence-corrected chi connectivity index (χ2v) is 6.21. The molecule has 2 amide bonds. The topological polar surface area (TPSA) is 49.4 Å². The Balaban J connectivity index is 2.12. The number of carbonyl (C=O) groups is 2. The standard InChI is InChI=1S/C21H19FN2O2/c1-4-11-24-20(25)18(17-10-5-13(2)12-14(17)3)19(21(24)26)23-16-8-6-15(22)7-9-16/h4-10,12,23H,1,11H2,2-3H3. The molecule has 132 valence electrons. The van der Waals surface area contributed by atoms with Crippen molar-refractivity contribution >= 4 is 23.1 Å². The molecule has 0 aliphatic carbocycles. The average Bonchev–Trinajstić information content (AvgIpc) is 2.82. The molecule has 0 spiro atoms. The van der Waals surface area contributed by atoms with E-state index in [1.165, 1.54) is 30.3 Å². The maximum atomic E-state index is 13.2. The molecule has 0 atom stereocenters. The lowest BCUT2D eigenvalue weighted by molar-refractivity contribution is -0.136. The largest absolute Gasteiger partial charge is 0.350 e. The van der Waals surface area contributed by atoms with E-state index in [1.807, 2.05) is 32.0 Å². The maximum Gasteiger partial charge on any atom is 0.278 e. The summed E-state index contributed by atoms with van der Waals surface area (Å²) in [7, 11) is 0. The van der Waals surface area contributed by atoms with Crippen molar-refractivity contribution in [3.8, 4) is 0 Å². The maximum absolute atomic E-state index is 13.2. The average molecular weight is 350 g/mol. The van der Waals surface area contributed by atoms with E-state index in [2.05, 4.69) is 11.9 Å². The number of halogens is 1. The van der Waals surface area contributed by atoms with Crippen LogP contribution in [0.3, 0.4) is 0 Å². The first-order valence-corrected chi connectivity index (χ1v) is 8.24. The number of nitrogens with zero attached hydrogens (tertiary/aromatic N) is 1. The van der Waals surface area contributed by atoms with E-state index >= 15 is 0 Å². The smallest absolute Gasteiger partial charge is 0.278 e. The molecule has 5 heteroatoms. The van der Waals surface area contributed by atoms with Crippen molar-refractivity contribution in [1.82, 2.24) is 4.90 Å². The Bertz CT molecular complexity index is 930. The predicted octanol–water partition coefficient (Wildman–Crippen LogP) is 3.82. The van der Waals surface area contributed by atoms with Gasteiger partial charge in [0.25, 0.3) is 11.8 Å². The quantitative estimate of drug-likeness (QED) is 0.659. The minimum absolute atomic E-state index is 0.126. The number of aryl methyl sites for hydroxylation is 2. The van der Waals surface area contributed by atoms with Gasteiger partial charge in [-0.3, -0.25) is 14.5 Å². The van der Waals surface area contributed by atoms with Gasteiger partial charge in [-0.1, -0.05) is 29.8 Å². The second kappa shape index (κ2) is 6.96. The van der Waals surface area contributed by atoms with Crippen molar-refractivity contribution in [3.05, 3.63) is 83.3 Å². The molecule has 1 N–H and O–H groups in total. The van der Waals surface area contributed by atoms with Crippen LogP contribution in [0.1, 0.15) is 16.7 Å². The van der Waals surface area contributed by atoms with Crippen LogP contribution in [0.15, 0.2) is 60.8 Å². The van der Waals surface area contributed by atoms with Crippen molar-refractivity contribution < 1.29 is 14.0 Å². The van der Waals surface area contributed by atoms with Gasteiger partial charge in [0.1, 0.15) is 11.5 Å². The molecule has 26 heavy (non-hydrogen) atoms. The second-order valence-electron chi connectivity index (χ2n) is 6.21. The molecule has 0 saturated heterocycles. The normalized spacial score (nSPS) is 14.2. The van der Waals surface area contributed by atoms with Crippen LogP contribution in [-0.4, -0.2) is 23.3 Å². The van der Waals surface area contributed by atoms with Crippen LogP contribution in [0.25, 0.3) is 5.57 Å². The summed E-state index contributed by atoms with van der Waals surface area (Å²) in [6, 6.07) is 11.3. The van der Waals surface area contributed by atoms with Gasteiger partial charge in [-0.05, 0) is 49.2 Å². The summed E-state index contributed by atoms with van der Waals surface area (Å²) in [5, 5.41) is 2.99. The lowest BCUT2D eigenvalue weighted by Crippen LogP contribution is -2.32. The van der Waals surface area contributed by atoms with Crippen LogP contribution < -0.4 is 5.32 Å². The van der Waals surface area contributed by atoms with E-state index in [0.717, 1.165) is 16.0 Å². The summed E-state index contributed by atoms with van der Waals surface area (Å²) in [4.78, 5) is 26.8. The van der Waals surface area contributed by atoms with Crippen molar-refractivity contribution in [2.45, 2.75) is 13.8 Å². The Morgan fingerprint density at radius 1 is 1.08 bits per heavy atom. The minimum atomic E-state index is -0.422. The van der Waals surface area contributed by atoms with Gasteiger partial charge < -0.3 is 5.32 Å². The number of imide groups is 1. The Labute approximate surface area is 151 Å². The number of carbonyl (C=O) groups excluding carboxylic acids is 2. The van der Waals surface area contributed by atoms with E-state index in [1.54, 1.807) is 0 Å². The summed E-state index contributed by atoms with van der Waals surface area (Å²) in [6.07, 6.45) is 1.51. The molecule has 1 heterocycles. The van der Waals surface area contributed by atoms with Crippen molar-refractivity contribution in [2.24, 2.45) is 0 Å². The van der Waals surface area contributed by atoms with Gasteiger partial charge in [0.05, 0.1) is 5.57 Å². The Hall–Kier alpha value is -3.21. The van der Waals surface area contributed by atoms with Crippen molar-refractivity contribution in [1.29, 1.82) is 0 Å². The minimum Gasteiger partial charge on any atom is -0.350 e. The molecule has 4 nitrogen and oxygen atoms in total. The molecule has 1 aliphatic heterocycles. The molecule has 2 aromatic rings. The van der Waals surface area contributed by atoms with E-state index in [0.29, 0.717) is 16.8 Å². The van der Waals surface area contributed by atoms with Crippen molar-refractivity contribution in [3.63, 3.8) is 0 Å². The highest BCUT2D eigenvalue weighted by molar-refractivity contribution is 6.36. The van der Waals surface area contributed by atoms with Crippen LogP contribution in [0.5, 0.6) is 0 Å². The highest BCUT2D eigenvalue weighted by Gasteiger charge is 2.39. The number of rotatable bonds is 5. The molecule has 2 aromatic carbocycles. The van der Waals surface area contributed by atoms with Gasteiger partial charge in [0.2, 0.25) is 0 Å². The van der Waals surface area contributed by atoms with E-state index in [9.17, 15) is 14.0 Å². The number of hydrogen-bond acceptors (Lipinski definition) is 3. The third-order valence-electron chi connectivity index (χ3n) is 4.24. The fraction of sp³-hybridized carbons (Fsp3) is 0.143. The summed E-state index contributed by atoms with van der Waals surface area (Å²) < 4.78 is 13.2. The first kappa shape index (κ1) is 17.6. The Morgan fingerprint density at radius 3 is 2.38 bits per heavy atom. The zero-order valence-electron chi connectivity index (χ0n) is 14.7. The molecular weight excluding hydrogens is 331 g/mol. The zero-order valence-corrected chi connectivity index (χ0v) is 14.7. The molecular formula is C21H19FN2O2. The third-order valence-corrected chi connectivity index (χ3v) is 4.24. The number of nitrogens with one attached hydrogen (secondary N) is 1. The monoisotopic (exact) mass is 350 g/mol. The lowest BCUT2D eigenvalue weighted by Gasteiger charge is -2.12. The highest BCUT2D eigenvalue weighted by Crippen LogP contribution is 2.32.